The summed E-state index contributed by atoms with van der Waals surface area (Å²) in [5, 5.41) is 2.64. The van der Waals surface area contributed by atoms with Crippen molar-refractivity contribution in [3.8, 4) is 11.5 Å². The lowest BCUT2D eigenvalue weighted by molar-refractivity contribution is -0.114. The van der Waals surface area contributed by atoms with Gasteiger partial charge in [-0.05, 0) is 36.4 Å². The van der Waals surface area contributed by atoms with Crippen LogP contribution in [0.5, 0.6) is 0 Å². The number of rotatable bonds is 4. The Morgan fingerprint density at radius 1 is 0.886 bits per heavy atom. The summed E-state index contributed by atoms with van der Waals surface area (Å²) in [5.41, 5.74) is 3.09. The third-order valence-electron chi connectivity index (χ3n) is 6.74. The van der Waals surface area contributed by atoms with Gasteiger partial charge in [0.2, 0.25) is 5.91 Å². The number of hydrogen-bond donors (Lipinski definition) is 2. The average Bonchev–Trinajstić information content (AvgIpc) is 3.56. The molecule has 2 aliphatic heterocycles. The minimum atomic E-state index is -0.212. The standard InChI is InChI=1S/C26H25N7O2/c1-16(34)27-23-10-4-9-22(28-23)26(35)33-14-17-12-32(13-18(17)15-33)24-11-5-8-21(29-24)25-30-19-6-2-3-7-20(19)31-25/h2-11,17-18H,12-15H2,1H3,(H,30,31)(H,27,28,34). The second kappa shape index (κ2) is 8.50. The lowest BCUT2D eigenvalue weighted by atomic mass is 10.0. The van der Waals surface area contributed by atoms with E-state index in [4.69, 9.17) is 4.98 Å². The quantitative estimate of drug-likeness (QED) is 0.477. The fourth-order valence-electron chi connectivity index (χ4n) is 5.12. The Bertz CT molecular complexity index is 1390. The van der Waals surface area contributed by atoms with Crippen LogP contribution < -0.4 is 10.2 Å². The molecule has 176 valence electrons. The fourth-order valence-corrected chi connectivity index (χ4v) is 5.12. The summed E-state index contributed by atoms with van der Waals surface area (Å²) < 4.78 is 0. The van der Waals surface area contributed by atoms with Gasteiger partial charge in [-0.1, -0.05) is 24.3 Å². The fraction of sp³-hybridized carbons (Fsp3) is 0.269. The Labute approximate surface area is 202 Å². The van der Waals surface area contributed by atoms with Gasteiger partial charge < -0.3 is 20.1 Å². The summed E-state index contributed by atoms with van der Waals surface area (Å²) >= 11 is 0. The molecular weight excluding hydrogens is 442 g/mol. The Morgan fingerprint density at radius 2 is 1.66 bits per heavy atom. The number of aromatic amines is 1. The number of H-pyrrole nitrogens is 1. The van der Waals surface area contributed by atoms with E-state index in [9.17, 15) is 9.59 Å². The number of nitrogens with zero attached hydrogens (tertiary/aromatic N) is 5. The molecule has 2 N–H and O–H groups in total. The van der Waals surface area contributed by atoms with Crippen molar-refractivity contribution in [2.45, 2.75) is 6.92 Å². The first-order valence-corrected chi connectivity index (χ1v) is 11.7. The zero-order chi connectivity index (χ0) is 23.9. The first-order valence-electron chi connectivity index (χ1n) is 11.7. The Kier molecular flexibility index (Phi) is 5.17. The van der Waals surface area contributed by atoms with E-state index in [1.807, 2.05) is 47.4 Å². The van der Waals surface area contributed by atoms with Gasteiger partial charge >= 0.3 is 0 Å². The van der Waals surface area contributed by atoms with Gasteiger partial charge in [0.1, 0.15) is 23.0 Å². The summed E-state index contributed by atoms with van der Waals surface area (Å²) in [6, 6.07) is 19.1. The highest BCUT2D eigenvalue weighted by atomic mass is 16.2. The van der Waals surface area contributed by atoms with Crippen molar-refractivity contribution in [1.29, 1.82) is 0 Å². The number of likely N-dealkylation sites (tertiary alicyclic amines) is 1. The number of amides is 2. The molecule has 1 aromatic carbocycles. The summed E-state index contributed by atoms with van der Waals surface area (Å²) in [4.78, 5) is 45.8. The molecule has 4 aromatic rings. The first-order chi connectivity index (χ1) is 17.0. The highest BCUT2D eigenvalue weighted by Crippen LogP contribution is 2.34. The van der Waals surface area contributed by atoms with Gasteiger partial charge in [0.25, 0.3) is 5.91 Å². The van der Waals surface area contributed by atoms with Gasteiger partial charge in [-0.3, -0.25) is 9.59 Å². The van der Waals surface area contributed by atoms with E-state index in [1.54, 1.807) is 18.2 Å². The highest BCUT2D eigenvalue weighted by Gasteiger charge is 2.42. The van der Waals surface area contributed by atoms with Crippen LogP contribution in [0.4, 0.5) is 11.6 Å². The largest absolute Gasteiger partial charge is 0.356 e. The molecule has 2 fully saturated rings. The Morgan fingerprint density at radius 3 is 2.43 bits per heavy atom. The van der Waals surface area contributed by atoms with Crippen LogP contribution in [-0.2, 0) is 4.79 Å². The van der Waals surface area contributed by atoms with E-state index in [0.29, 0.717) is 36.4 Å². The van der Waals surface area contributed by atoms with Crippen molar-refractivity contribution < 1.29 is 9.59 Å². The second-order valence-electron chi connectivity index (χ2n) is 9.21. The maximum atomic E-state index is 13.1. The summed E-state index contributed by atoms with van der Waals surface area (Å²) in [6.45, 7) is 4.50. The zero-order valence-electron chi connectivity index (χ0n) is 19.3. The minimum absolute atomic E-state index is 0.0943. The lowest BCUT2D eigenvalue weighted by Gasteiger charge is -2.22. The SMILES string of the molecule is CC(=O)Nc1cccc(C(=O)N2CC3CN(c4cccc(-c5nc6ccccc6[nH]5)n4)CC3C2)n1. The monoisotopic (exact) mass is 467 g/mol. The third kappa shape index (κ3) is 4.09. The molecule has 2 unspecified atom stereocenters. The lowest BCUT2D eigenvalue weighted by Crippen LogP contribution is -2.34. The number of anilines is 2. The molecule has 0 saturated carbocycles. The molecule has 0 radical (unpaired) electrons. The smallest absolute Gasteiger partial charge is 0.272 e. The zero-order valence-corrected chi connectivity index (χ0v) is 19.3. The number of pyridine rings is 2. The van der Waals surface area contributed by atoms with Gasteiger partial charge in [0, 0.05) is 44.9 Å². The number of carbonyl (C=O) groups is 2. The number of para-hydroxylation sites is 2. The average molecular weight is 468 g/mol. The van der Waals surface area contributed by atoms with Crippen LogP contribution in [0, 0.1) is 11.8 Å². The van der Waals surface area contributed by atoms with Gasteiger partial charge in [0.05, 0.1) is 11.0 Å². The predicted octanol–water partition coefficient (Wildman–Crippen LogP) is 3.19. The van der Waals surface area contributed by atoms with E-state index >= 15 is 0 Å². The topological polar surface area (TPSA) is 107 Å². The predicted molar refractivity (Wildman–Crippen MR) is 133 cm³/mol. The molecule has 2 saturated heterocycles. The van der Waals surface area contributed by atoms with Crippen LogP contribution in [0.2, 0.25) is 0 Å². The van der Waals surface area contributed by atoms with Crippen LogP contribution in [0.1, 0.15) is 17.4 Å². The molecule has 0 spiro atoms. The maximum Gasteiger partial charge on any atom is 0.272 e. The normalized spacial score (nSPS) is 19.2. The number of aromatic nitrogens is 4. The van der Waals surface area contributed by atoms with E-state index < -0.39 is 0 Å². The van der Waals surface area contributed by atoms with Crippen molar-refractivity contribution in [2.75, 3.05) is 36.4 Å². The number of carbonyl (C=O) groups excluding carboxylic acids is 2. The van der Waals surface area contributed by atoms with Crippen LogP contribution >= 0.6 is 0 Å². The van der Waals surface area contributed by atoms with Crippen molar-refractivity contribution in [3.05, 3.63) is 66.4 Å². The van der Waals surface area contributed by atoms with Gasteiger partial charge in [0.15, 0.2) is 5.82 Å². The molecule has 9 heteroatoms. The molecule has 2 amide bonds. The van der Waals surface area contributed by atoms with Crippen molar-refractivity contribution in [2.24, 2.45) is 11.8 Å². The van der Waals surface area contributed by atoms with E-state index in [1.165, 1.54) is 6.92 Å². The number of hydrogen-bond acceptors (Lipinski definition) is 6. The van der Waals surface area contributed by atoms with E-state index in [-0.39, 0.29) is 11.8 Å². The van der Waals surface area contributed by atoms with Crippen LogP contribution in [-0.4, -0.2) is 62.8 Å². The molecule has 3 aromatic heterocycles. The Balaban J connectivity index is 1.14. The molecule has 35 heavy (non-hydrogen) atoms. The van der Waals surface area contributed by atoms with Crippen LogP contribution in [0.3, 0.4) is 0 Å². The summed E-state index contributed by atoms with van der Waals surface area (Å²) in [7, 11) is 0. The minimum Gasteiger partial charge on any atom is -0.356 e. The third-order valence-corrected chi connectivity index (χ3v) is 6.74. The molecule has 9 nitrogen and oxygen atoms in total. The number of fused-ring (bicyclic) bond motifs is 2. The molecule has 2 atom stereocenters. The Hall–Kier alpha value is -4.27. The molecule has 0 bridgehead atoms. The molecule has 0 aliphatic carbocycles. The summed E-state index contributed by atoms with van der Waals surface area (Å²) in [5.74, 6) is 2.55. The number of nitrogens with one attached hydrogen (secondary N) is 2. The number of imidazole rings is 1. The highest BCUT2D eigenvalue weighted by molar-refractivity contribution is 5.94. The van der Waals surface area contributed by atoms with Gasteiger partial charge in [-0.2, -0.15) is 0 Å². The molecular formula is C26H25N7O2. The van der Waals surface area contributed by atoms with Gasteiger partial charge in [-0.25, -0.2) is 15.0 Å². The molecule has 5 heterocycles. The van der Waals surface area contributed by atoms with Crippen molar-refractivity contribution in [3.63, 3.8) is 0 Å². The van der Waals surface area contributed by atoms with Crippen LogP contribution in [0.25, 0.3) is 22.6 Å². The second-order valence-corrected chi connectivity index (χ2v) is 9.21. The van der Waals surface area contributed by atoms with Crippen molar-refractivity contribution in [1.82, 2.24) is 24.8 Å². The van der Waals surface area contributed by atoms with Gasteiger partial charge in [-0.15, -0.1) is 0 Å². The summed E-state index contributed by atoms with van der Waals surface area (Å²) in [6.07, 6.45) is 0. The van der Waals surface area contributed by atoms with Crippen molar-refractivity contribution >= 4 is 34.5 Å². The molecule has 2 aliphatic rings. The number of benzene rings is 1. The first kappa shape index (κ1) is 21.3. The molecule has 6 rings (SSSR count). The van der Waals surface area contributed by atoms with Crippen LogP contribution in [0.15, 0.2) is 60.7 Å². The van der Waals surface area contributed by atoms with E-state index in [2.05, 4.69) is 25.2 Å². The maximum absolute atomic E-state index is 13.1. The van der Waals surface area contributed by atoms with E-state index in [0.717, 1.165) is 41.5 Å².